The Morgan fingerprint density at radius 2 is 2.00 bits per heavy atom. The van der Waals surface area contributed by atoms with Crippen LogP contribution >= 0.6 is 22.9 Å². The number of nitrogens with zero attached hydrogens (tertiary/aromatic N) is 3. The number of hydrogen-bond donors (Lipinski definition) is 2. The van der Waals surface area contributed by atoms with Gasteiger partial charge in [-0.05, 0) is 26.0 Å². The number of rotatable bonds is 4. The van der Waals surface area contributed by atoms with Gasteiger partial charge in [-0.3, -0.25) is 14.3 Å². The number of ketones is 1. The van der Waals surface area contributed by atoms with E-state index in [0.29, 0.717) is 27.1 Å². The van der Waals surface area contributed by atoms with Crippen molar-refractivity contribution in [3.63, 3.8) is 0 Å². The van der Waals surface area contributed by atoms with E-state index in [1.165, 1.54) is 16.0 Å². The number of thiazole rings is 1. The number of quaternary nitrogens is 1. The van der Waals surface area contributed by atoms with Crippen LogP contribution in [0.3, 0.4) is 0 Å². The average molecular weight is 446 g/mol. The molecule has 0 aliphatic carbocycles. The highest BCUT2D eigenvalue weighted by atomic mass is 35.5. The molecule has 1 aliphatic rings. The maximum Gasteiger partial charge on any atom is 0.232 e. The summed E-state index contributed by atoms with van der Waals surface area (Å²) < 4.78 is 1.52. The lowest BCUT2D eigenvalue weighted by Gasteiger charge is -2.36. The topological polar surface area (TPSA) is 104 Å². The van der Waals surface area contributed by atoms with Gasteiger partial charge in [-0.25, -0.2) is 4.98 Å². The van der Waals surface area contributed by atoms with Gasteiger partial charge in [0.1, 0.15) is 17.8 Å². The first kappa shape index (κ1) is 20.7. The van der Waals surface area contributed by atoms with Crippen LogP contribution in [0.1, 0.15) is 41.6 Å². The molecule has 30 heavy (non-hydrogen) atoms. The van der Waals surface area contributed by atoms with E-state index in [9.17, 15) is 14.8 Å². The number of hydroxylamine groups is 2. The number of amides is 1. The molecule has 0 radical (unpaired) electrons. The van der Waals surface area contributed by atoms with Crippen molar-refractivity contribution >= 4 is 39.8 Å². The predicted molar refractivity (Wildman–Crippen MR) is 115 cm³/mol. The maximum atomic E-state index is 12.7. The number of anilines is 1. The molecule has 3 aromatic rings. The minimum absolute atomic E-state index is 0.0337. The minimum atomic E-state index is -0.723. The second-order valence-corrected chi connectivity index (χ2v) is 8.60. The molecule has 1 amide bonds. The van der Waals surface area contributed by atoms with Crippen molar-refractivity contribution in [2.24, 2.45) is 7.05 Å². The summed E-state index contributed by atoms with van der Waals surface area (Å²) in [5, 5.41) is 22.2. The third-order valence-corrected chi connectivity index (χ3v) is 6.32. The Bertz CT molecular complexity index is 1120. The number of hydrogen-bond acceptors (Lipinski definition) is 6. The number of Topliss-reactive ketones (excluding diaryl/α,β-unsaturated/α-hetero) is 1. The summed E-state index contributed by atoms with van der Waals surface area (Å²) in [6.45, 7) is 3.35. The minimum Gasteiger partial charge on any atom is -0.633 e. The molecule has 10 heteroatoms. The number of halogens is 1. The number of carbonyl (C=O) groups excluding carboxylic acids is 2. The largest absolute Gasteiger partial charge is 0.633 e. The maximum absolute atomic E-state index is 12.7. The van der Waals surface area contributed by atoms with Gasteiger partial charge in [0.25, 0.3) is 0 Å². The fourth-order valence-electron chi connectivity index (χ4n) is 3.61. The summed E-state index contributed by atoms with van der Waals surface area (Å²) in [6.07, 6.45) is -0.0337. The first-order valence-corrected chi connectivity index (χ1v) is 10.7. The zero-order chi connectivity index (χ0) is 21.6. The highest BCUT2D eigenvalue weighted by Gasteiger charge is 2.40. The lowest BCUT2D eigenvalue weighted by molar-refractivity contribution is -0.895. The number of fused-ring (bicyclic) bond motifs is 1. The molecule has 2 aromatic heterocycles. The Labute approximate surface area is 182 Å². The van der Waals surface area contributed by atoms with E-state index in [1.54, 1.807) is 33.0 Å². The molecule has 0 saturated carbocycles. The van der Waals surface area contributed by atoms with E-state index in [-0.39, 0.29) is 23.2 Å². The summed E-state index contributed by atoms with van der Waals surface area (Å²) >= 11 is 7.23. The molecule has 8 nitrogen and oxygen atoms in total. The molecule has 156 valence electrons. The van der Waals surface area contributed by atoms with Crippen molar-refractivity contribution in [2.75, 3.05) is 5.32 Å². The Kier molecular flexibility index (Phi) is 5.46. The van der Waals surface area contributed by atoms with E-state index in [2.05, 4.69) is 15.4 Å². The van der Waals surface area contributed by atoms with E-state index < -0.39 is 12.1 Å². The van der Waals surface area contributed by atoms with Gasteiger partial charge in [0.05, 0.1) is 23.4 Å². The van der Waals surface area contributed by atoms with Crippen LogP contribution in [0.2, 0.25) is 5.02 Å². The fourth-order valence-corrected chi connectivity index (χ4v) is 4.47. The predicted octanol–water partition coefficient (Wildman–Crippen LogP) is 2.41. The molecule has 3 atom stereocenters. The van der Waals surface area contributed by atoms with Gasteiger partial charge in [0.2, 0.25) is 11.7 Å². The Morgan fingerprint density at radius 3 is 2.70 bits per heavy atom. The van der Waals surface area contributed by atoms with Crippen molar-refractivity contribution in [3.8, 4) is 11.3 Å². The average Bonchev–Trinajstić information content (AvgIpc) is 3.30. The smallest absolute Gasteiger partial charge is 0.232 e. The van der Waals surface area contributed by atoms with Crippen LogP contribution in [0, 0.1) is 5.21 Å². The fraction of sp³-hybridized carbons (Fsp3) is 0.300. The summed E-state index contributed by atoms with van der Waals surface area (Å²) in [4.78, 5) is 29.8. The molecule has 3 heterocycles. The monoisotopic (exact) mass is 445 g/mol. The van der Waals surface area contributed by atoms with E-state index in [1.807, 2.05) is 17.5 Å². The molecule has 0 spiro atoms. The van der Waals surface area contributed by atoms with Gasteiger partial charge in [0.15, 0.2) is 5.13 Å². The van der Waals surface area contributed by atoms with Crippen LogP contribution in [0.5, 0.6) is 0 Å². The van der Waals surface area contributed by atoms with Crippen molar-refractivity contribution < 1.29 is 14.7 Å². The van der Waals surface area contributed by atoms with Crippen LogP contribution < -0.4 is 10.4 Å². The van der Waals surface area contributed by atoms with Crippen LogP contribution in [-0.4, -0.2) is 32.5 Å². The number of nitrogens with one attached hydrogen (secondary N) is 2. The standard InChI is InChI=1S/C20H20ClN5O3S/c1-10-18-17(19(28)11(2)26(10)29)15(25(3)24-18)8-16(27)23-20-22-14(9-30-20)12-4-6-13(21)7-5-12/h4-7,9-11,26H,8H2,1-3H3,(H,22,23,27). The first-order chi connectivity index (χ1) is 14.3. The summed E-state index contributed by atoms with van der Waals surface area (Å²) in [7, 11) is 1.68. The summed E-state index contributed by atoms with van der Waals surface area (Å²) in [5.74, 6) is -0.578. The molecule has 0 saturated heterocycles. The molecule has 0 bridgehead atoms. The molecule has 4 rings (SSSR count). The first-order valence-electron chi connectivity index (χ1n) is 9.41. The number of aryl methyl sites for hydroxylation is 1. The summed E-state index contributed by atoms with van der Waals surface area (Å²) in [6, 6.07) is 6.10. The lowest BCUT2D eigenvalue weighted by atomic mass is 9.93. The van der Waals surface area contributed by atoms with Crippen LogP contribution in [0.25, 0.3) is 11.3 Å². The van der Waals surface area contributed by atoms with Gasteiger partial charge >= 0.3 is 0 Å². The number of carbonyl (C=O) groups is 2. The molecule has 1 aromatic carbocycles. The zero-order valence-corrected chi connectivity index (χ0v) is 18.2. The Hall–Kier alpha value is -2.59. The summed E-state index contributed by atoms with van der Waals surface area (Å²) in [5.41, 5.74) is 2.99. The Morgan fingerprint density at radius 1 is 1.30 bits per heavy atom. The quantitative estimate of drug-likeness (QED) is 0.600. The molecule has 0 fully saturated rings. The number of aromatic nitrogens is 3. The highest BCUT2D eigenvalue weighted by molar-refractivity contribution is 7.14. The second-order valence-electron chi connectivity index (χ2n) is 7.31. The van der Waals surface area contributed by atoms with Gasteiger partial charge < -0.3 is 15.6 Å². The SMILES string of the molecule is CC1C(=O)c2c(nn(C)c2CC(=O)Nc2nc(-c3ccc(Cl)cc3)cs2)C(C)[NH+]1[O-]. The highest BCUT2D eigenvalue weighted by Crippen LogP contribution is 2.27. The third kappa shape index (κ3) is 3.65. The van der Waals surface area contributed by atoms with Crippen LogP contribution in [0.4, 0.5) is 5.13 Å². The van der Waals surface area contributed by atoms with Gasteiger partial charge in [-0.2, -0.15) is 5.10 Å². The van der Waals surface area contributed by atoms with Crippen molar-refractivity contribution in [1.29, 1.82) is 0 Å². The van der Waals surface area contributed by atoms with E-state index in [4.69, 9.17) is 11.6 Å². The lowest BCUT2D eigenvalue weighted by Crippen LogP contribution is -3.13. The Balaban J connectivity index is 1.53. The van der Waals surface area contributed by atoms with Crippen molar-refractivity contribution in [1.82, 2.24) is 14.8 Å². The van der Waals surface area contributed by atoms with Gasteiger partial charge in [0, 0.05) is 23.0 Å². The molecule has 2 N–H and O–H groups in total. The van der Waals surface area contributed by atoms with E-state index >= 15 is 0 Å². The zero-order valence-electron chi connectivity index (χ0n) is 16.6. The van der Waals surface area contributed by atoms with Gasteiger partial charge in [-0.15, -0.1) is 11.3 Å². The molecular formula is C20H20ClN5O3S. The van der Waals surface area contributed by atoms with E-state index in [0.717, 1.165) is 11.3 Å². The number of benzene rings is 1. The van der Waals surface area contributed by atoms with Crippen LogP contribution in [0.15, 0.2) is 29.6 Å². The third-order valence-electron chi connectivity index (χ3n) is 5.32. The normalized spacial score (nSPS) is 20.8. The molecule has 1 aliphatic heterocycles. The van der Waals surface area contributed by atoms with Crippen LogP contribution in [-0.2, 0) is 18.3 Å². The van der Waals surface area contributed by atoms with Gasteiger partial charge in [-0.1, -0.05) is 23.7 Å². The van der Waals surface area contributed by atoms with Crippen molar-refractivity contribution in [2.45, 2.75) is 32.4 Å². The molecular weight excluding hydrogens is 426 g/mol. The molecule has 3 unspecified atom stereocenters. The van der Waals surface area contributed by atoms with Crippen molar-refractivity contribution in [3.05, 3.63) is 56.8 Å². The second kappa shape index (κ2) is 7.92.